The Bertz CT molecular complexity index is 1240. The van der Waals surface area contributed by atoms with E-state index >= 15 is 0 Å². The molecule has 2 N–H and O–H groups in total. The maximum Gasteiger partial charge on any atom is 0.257 e. The average molecular weight is 507 g/mol. The van der Waals surface area contributed by atoms with Gasteiger partial charge >= 0.3 is 0 Å². The Hall–Kier alpha value is -3.42. The number of halogens is 1. The summed E-state index contributed by atoms with van der Waals surface area (Å²) < 4.78 is 0. The molecule has 6 nitrogen and oxygen atoms in total. The van der Waals surface area contributed by atoms with E-state index < -0.39 is 0 Å². The van der Waals surface area contributed by atoms with Gasteiger partial charge in [-0.1, -0.05) is 35.4 Å². The molecule has 1 fully saturated rings. The summed E-state index contributed by atoms with van der Waals surface area (Å²) in [5.41, 5.74) is 5.07. The van der Waals surface area contributed by atoms with E-state index in [1.165, 1.54) is 0 Å². The lowest BCUT2D eigenvalue weighted by Crippen LogP contribution is -2.48. The first-order valence-electron chi connectivity index (χ1n) is 11.4. The molecular formula is C27H27ClN4O2S. The minimum atomic E-state index is -0.320. The van der Waals surface area contributed by atoms with Gasteiger partial charge in [-0.15, -0.1) is 0 Å². The number of benzene rings is 3. The molecule has 0 aromatic heterocycles. The van der Waals surface area contributed by atoms with Crippen LogP contribution < -0.4 is 15.5 Å². The third-order valence-corrected chi connectivity index (χ3v) is 6.63. The SMILES string of the molecule is Cc1ccc(C(=O)N2CCN(c3ccc(NC(=S)NC(=O)c4ccc(C)c(Cl)c4)cc3)CC2)cc1. The van der Waals surface area contributed by atoms with E-state index in [1.54, 1.807) is 18.2 Å². The van der Waals surface area contributed by atoms with Gasteiger partial charge in [-0.3, -0.25) is 14.9 Å². The summed E-state index contributed by atoms with van der Waals surface area (Å²) >= 11 is 11.4. The summed E-state index contributed by atoms with van der Waals surface area (Å²) in [7, 11) is 0. The number of amides is 2. The van der Waals surface area contributed by atoms with Crippen LogP contribution in [0.15, 0.2) is 66.7 Å². The van der Waals surface area contributed by atoms with E-state index in [0.29, 0.717) is 23.7 Å². The lowest BCUT2D eigenvalue weighted by atomic mass is 10.1. The van der Waals surface area contributed by atoms with Gasteiger partial charge in [0.25, 0.3) is 11.8 Å². The van der Waals surface area contributed by atoms with E-state index in [2.05, 4.69) is 15.5 Å². The summed E-state index contributed by atoms with van der Waals surface area (Å²) in [5.74, 6) is -0.244. The molecule has 8 heteroatoms. The second-order valence-corrected chi connectivity index (χ2v) is 9.38. The van der Waals surface area contributed by atoms with Crippen molar-refractivity contribution in [3.05, 3.63) is 94.0 Å². The smallest absolute Gasteiger partial charge is 0.257 e. The van der Waals surface area contributed by atoms with Gasteiger partial charge in [-0.25, -0.2) is 0 Å². The van der Waals surface area contributed by atoms with Crippen LogP contribution in [0.4, 0.5) is 11.4 Å². The fraction of sp³-hybridized carbons (Fsp3) is 0.222. The van der Waals surface area contributed by atoms with Gasteiger partial charge in [0.15, 0.2) is 5.11 Å². The van der Waals surface area contributed by atoms with Gasteiger partial charge < -0.3 is 15.1 Å². The Labute approximate surface area is 215 Å². The Balaban J connectivity index is 1.28. The number of hydrogen-bond acceptors (Lipinski definition) is 4. The molecule has 0 spiro atoms. The van der Waals surface area contributed by atoms with Crippen LogP contribution in [0.25, 0.3) is 0 Å². The topological polar surface area (TPSA) is 64.7 Å². The van der Waals surface area contributed by atoms with Gasteiger partial charge in [-0.05, 0) is 80.2 Å². The largest absolute Gasteiger partial charge is 0.368 e. The fourth-order valence-electron chi connectivity index (χ4n) is 3.87. The normalized spacial score (nSPS) is 13.3. The summed E-state index contributed by atoms with van der Waals surface area (Å²) in [5, 5.41) is 6.46. The van der Waals surface area contributed by atoms with Crippen LogP contribution in [-0.2, 0) is 0 Å². The van der Waals surface area contributed by atoms with Crippen LogP contribution in [0.5, 0.6) is 0 Å². The zero-order valence-corrected chi connectivity index (χ0v) is 21.2. The highest BCUT2D eigenvalue weighted by Gasteiger charge is 2.22. The number of aryl methyl sites for hydroxylation is 2. The van der Waals surface area contributed by atoms with Crippen molar-refractivity contribution >= 4 is 52.1 Å². The zero-order valence-electron chi connectivity index (χ0n) is 19.7. The number of nitrogens with zero attached hydrogens (tertiary/aromatic N) is 2. The highest BCUT2D eigenvalue weighted by atomic mass is 35.5. The fourth-order valence-corrected chi connectivity index (χ4v) is 4.26. The van der Waals surface area contributed by atoms with E-state index in [0.717, 1.165) is 41.2 Å². The van der Waals surface area contributed by atoms with Crippen LogP contribution in [-0.4, -0.2) is 48.0 Å². The van der Waals surface area contributed by atoms with Crippen LogP contribution in [0.3, 0.4) is 0 Å². The van der Waals surface area contributed by atoms with Crippen molar-refractivity contribution in [1.29, 1.82) is 0 Å². The molecule has 1 heterocycles. The predicted octanol–water partition coefficient (Wildman–Crippen LogP) is 5.05. The van der Waals surface area contributed by atoms with Crippen molar-refractivity contribution in [2.75, 3.05) is 36.4 Å². The second kappa shape index (κ2) is 10.9. The molecule has 3 aromatic carbocycles. The molecule has 2 amide bonds. The standard InChI is InChI=1S/C27H27ClN4O2S/c1-18-3-6-20(7-4-18)26(34)32-15-13-31(14-16-32)23-11-9-22(10-12-23)29-27(35)30-25(33)21-8-5-19(2)24(28)17-21/h3-12,17H,13-16H2,1-2H3,(H2,29,30,33,35). The maximum atomic E-state index is 12.8. The molecule has 0 atom stereocenters. The Morgan fingerprint density at radius 2 is 1.49 bits per heavy atom. The third-order valence-electron chi connectivity index (χ3n) is 6.02. The molecule has 1 saturated heterocycles. The molecule has 0 radical (unpaired) electrons. The molecule has 3 aromatic rings. The van der Waals surface area contributed by atoms with Gasteiger partial charge in [-0.2, -0.15) is 0 Å². The van der Waals surface area contributed by atoms with Gasteiger partial charge in [0.2, 0.25) is 0 Å². The van der Waals surface area contributed by atoms with E-state index in [4.69, 9.17) is 23.8 Å². The van der Waals surface area contributed by atoms with Crippen molar-refractivity contribution in [1.82, 2.24) is 10.2 Å². The highest BCUT2D eigenvalue weighted by molar-refractivity contribution is 7.80. The number of hydrogen-bond donors (Lipinski definition) is 2. The van der Waals surface area contributed by atoms with Gasteiger partial charge in [0.05, 0.1) is 0 Å². The predicted molar refractivity (Wildman–Crippen MR) is 146 cm³/mol. The molecule has 180 valence electrons. The molecule has 0 bridgehead atoms. The number of anilines is 2. The monoisotopic (exact) mass is 506 g/mol. The van der Waals surface area contributed by atoms with E-state index in [9.17, 15) is 9.59 Å². The first-order chi connectivity index (χ1) is 16.8. The van der Waals surface area contributed by atoms with Crippen LogP contribution in [0.2, 0.25) is 5.02 Å². The Morgan fingerprint density at radius 3 is 2.11 bits per heavy atom. The number of carbonyl (C=O) groups excluding carboxylic acids is 2. The molecule has 0 saturated carbocycles. The van der Waals surface area contributed by atoms with Crippen molar-refractivity contribution in [3.63, 3.8) is 0 Å². The number of carbonyl (C=O) groups is 2. The molecule has 0 aliphatic carbocycles. The van der Waals surface area contributed by atoms with Crippen molar-refractivity contribution in [3.8, 4) is 0 Å². The molecule has 1 aliphatic rings. The zero-order chi connectivity index (χ0) is 24.9. The quantitative estimate of drug-likeness (QED) is 0.485. The van der Waals surface area contributed by atoms with Gasteiger partial charge in [0, 0.05) is 53.7 Å². The molecule has 4 rings (SSSR count). The minimum Gasteiger partial charge on any atom is -0.368 e. The summed E-state index contributed by atoms with van der Waals surface area (Å²) in [6, 6.07) is 20.7. The number of rotatable bonds is 4. The van der Waals surface area contributed by atoms with Gasteiger partial charge in [0.1, 0.15) is 0 Å². The highest BCUT2D eigenvalue weighted by Crippen LogP contribution is 2.21. The molecule has 35 heavy (non-hydrogen) atoms. The average Bonchev–Trinajstić information content (AvgIpc) is 2.86. The second-order valence-electron chi connectivity index (χ2n) is 8.56. The lowest BCUT2D eigenvalue weighted by molar-refractivity contribution is 0.0746. The van der Waals surface area contributed by atoms with Crippen molar-refractivity contribution in [2.24, 2.45) is 0 Å². The van der Waals surface area contributed by atoms with E-state index in [-0.39, 0.29) is 16.9 Å². The van der Waals surface area contributed by atoms with Crippen LogP contribution in [0, 0.1) is 13.8 Å². The summed E-state index contributed by atoms with van der Waals surface area (Å²) in [4.78, 5) is 29.3. The first-order valence-corrected chi connectivity index (χ1v) is 12.2. The molecule has 0 unspecified atom stereocenters. The molecule has 1 aliphatic heterocycles. The first kappa shape index (κ1) is 24.7. The summed E-state index contributed by atoms with van der Waals surface area (Å²) in [6.45, 7) is 6.76. The molecular weight excluding hydrogens is 480 g/mol. The Kier molecular flexibility index (Phi) is 7.68. The van der Waals surface area contributed by atoms with Crippen LogP contribution in [0.1, 0.15) is 31.8 Å². The summed E-state index contributed by atoms with van der Waals surface area (Å²) in [6.07, 6.45) is 0. The Morgan fingerprint density at radius 1 is 0.857 bits per heavy atom. The van der Waals surface area contributed by atoms with E-state index in [1.807, 2.05) is 67.3 Å². The van der Waals surface area contributed by atoms with Crippen LogP contribution >= 0.6 is 23.8 Å². The third kappa shape index (κ3) is 6.18. The van der Waals surface area contributed by atoms with Crippen molar-refractivity contribution in [2.45, 2.75) is 13.8 Å². The minimum absolute atomic E-state index is 0.0765. The maximum absolute atomic E-state index is 12.8. The number of thiocarbonyl (C=S) groups is 1. The lowest BCUT2D eigenvalue weighted by Gasteiger charge is -2.36. The number of piperazine rings is 1. The number of nitrogens with one attached hydrogen (secondary N) is 2. The van der Waals surface area contributed by atoms with Crippen molar-refractivity contribution < 1.29 is 9.59 Å².